The highest BCUT2D eigenvalue weighted by atomic mass is 16.5. The summed E-state index contributed by atoms with van der Waals surface area (Å²) in [6, 6.07) is -0.641. The van der Waals surface area contributed by atoms with Crippen LogP contribution in [0.1, 0.15) is 31.6 Å². The van der Waals surface area contributed by atoms with Gasteiger partial charge in [-0.3, -0.25) is 0 Å². The van der Waals surface area contributed by atoms with E-state index in [1.54, 1.807) is 6.92 Å². The van der Waals surface area contributed by atoms with E-state index in [1.807, 2.05) is 6.92 Å². The van der Waals surface area contributed by atoms with E-state index in [0.717, 1.165) is 0 Å². The third-order valence-corrected chi connectivity index (χ3v) is 1.72. The molecule has 0 saturated carbocycles. The molecule has 0 aliphatic carbocycles. The third-order valence-electron chi connectivity index (χ3n) is 1.72. The van der Waals surface area contributed by atoms with Gasteiger partial charge < -0.3 is 20.1 Å². The molecule has 6 heteroatoms. The largest absolute Gasteiger partial charge is 0.391 e. The van der Waals surface area contributed by atoms with Crippen LogP contribution in [0.4, 0.5) is 0 Å². The number of aliphatic hydroxyl groups is 1. The van der Waals surface area contributed by atoms with Crippen molar-refractivity contribution in [2.24, 2.45) is 5.73 Å². The molecule has 0 aromatic carbocycles. The van der Waals surface area contributed by atoms with Crippen molar-refractivity contribution < 1.29 is 14.4 Å². The standard InChI is InChI=1S/C8H15N3O3/c1-3-13-4-6-10-8(14-11-6)7(9)5(2)12/h5,7,12H,3-4,9H2,1-2H3/t5-,7+/m1/s1. The number of rotatable bonds is 5. The molecule has 2 atom stereocenters. The highest BCUT2D eigenvalue weighted by Crippen LogP contribution is 2.11. The second kappa shape index (κ2) is 5.04. The second-order valence-corrected chi connectivity index (χ2v) is 2.95. The van der Waals surface area contributed by atoms with Gasteiger partial charge in [0.25, 0.3) is 0 Å². The van der Waals surface area contributed by atoms with Crippen LogP contribution < -0.4 is 5.73 Å². The first-order valence-corrected chi connectivity index (χ1v) is 4.49. The van der Waals surface area contributed by atoms with Gasteiger partial charge in [0.2, 0.25) is 5.89 Å². The average Bonchev–Trinajstić information content (AvgIpc) is 2.61. The van der Waals surface area contributed by atoms with Crippen molar-refractivity contribution in [1.82, 2.24) is 10.1 Å². The molecule has 3 N–H and O–H groups in total. The van der Waals surface area contributed by atoms with E-state index in [2.05, 4.69) is 10.1 Å². The minimum atomic E-state index is -0.713. The predicted molar refractivity (Wildman–Crippen MR) is 48.2 cm³/mol. The molecule has 14 heavy (non-hydrogen) atoms. The van der Waals surface area contributed by atoms with Gasteiger partial charge in [0.1, 0.15) is 12.6 Å². The molecule has 0 amide bonds. The predicted octanol–water partition coefficient (Wildman–Crippen LogP) is -0.0133. The molecular formula is C8H15N3O3. The van der Waals surface area contributed by atoms with Gasteiger partial charge in [0.05, 0.1) is 6.10 Å². The Bertz CT molecular complexity index is 275. The number of ether oxygens (including phenoxy) is 1. The van der Waals surface area contributed by atoms with E-state index >= 15 is 0 Å². The molecule has 80 valence electrons. The van der Waals surface area contributed by atoms with E-state index in [0.29, 0.717) is 19.0 Å². The normalized spacial score (nSPS) is 15.4. The van der Waals surface area contributed by atoms with Gasteiger partial charge in [-0.25, -0.2) is 0 Å². The van der Waals surface area contributed by atoms with Crippen LogP contribution in [0.3, 0.4) is 0 Å². The van der Waals surface area contributed by atoms with E-state index in [-0.39, 0.29) is 5.89 Å². The molecule has 0 fully saturated rings. The summed E-state index contributed by atoms with van der Waals surface area (Å²) in [5.74, 6) is 0.674. The summed E-state index contributed by atoms with van der Waals surface area (Å²) in [5, 5.41) is 12.8. The Labute approximate surface area is 82.1 Å². The van der Waals surface area contributed by atoms with E-state index in [4.69, 9.17) is 15.0 Å². The molecule has 1 aromatic heterocycles. The molecule has 0 bridgehead atoms. The topological polar surface area (TPSA) is 94.4 Å². The molecule has 0 aliphatic rings. The zero-order valence-electron chi connectivity index (χ0n) is 8.30. The van der Waals surface area contributed by atoms with E-state index < -0.39 is 12.1 Å². The molecular weight excluding hydrogens is 186 g/mol. The number of hydrogen-bond acceptors (Lipinski definition) is 6. The van der Waals surface area contributed by atoms with Gasteiger partial charge >= 0.3 is 0 Å². The summed E-state index contributed by atoms with van der Waals surface area (Å²) >= 11 is 0. The van der Waals surface area contributed by atoms with Gasteiger partial charge in [-0.1, -0.05) is 5.16 Å². The third kappa shape index (κ3) is 2.76. The van der Waals surface area contributed by atoms with Crippen LogP contribution in [0.25, 0.3) is 0 Å². The van der Waals surface area contributed by atoms with E-state index in [9.17, 15) is 5.11 Å². The summed E-state index contributed by atoms with van der Waals surface area (Å²) in [7, 11) is 0. The summed E-state index contributed by atoms with van der Waals surface area (Å²) in [6.45, 7) is 4.33. The smallest absolute Gasteiger partial charge is 0.246 e. The van der Waals surface area contributed by atoms with Crippen molar-refractivity contribution in [1.29, 1.82) is 0 Å². The molecule has 6 nitrogen and oxygen atoms in total. The minimum Gasteiger partial charge on any atom is -0.391 e. The molecule has 0 radical (unpaired) electrons. The Kier molecular flexibility index (Phi) is 3.99. The number of hydrogen-bond donors (Lipinski definition) is 2. The number of nitrogens with zero attached hydrogens (tertiary/aromatic N) is 2. The monoisotopic (exact) mass is 201 g/mol. The molecule has 1 heterocycles. The summed E-state index contributed by atoms with van der Waals surface area (Å²) < 4.78 is 9.94. The van der Waals surface area contributed by atoms with Gasteiger partial charge in [-0.2, -0.15) is 4.98 Å². The van der Waals surface area contributed by atoms with Crippen LogP contribution in [-0.4, -0.2) is 28.0 Å². The first kappa shape index (κ1) is 11.1. The van der Waals surface area contributed by atoms with Crippen LogP contribution in [-0.2, 0) is 11.3 Å². The van der Waals surface area contributed by atoms with Crippen LogP contribution >= 0.6 is 0 Å². The fourth-order valence-corrected chi connectivity index (χ4v) is 0.861. The molecule has 0 aliphatic heterocycles. The number of aliphatic hydroxyl groups excluding tert-OH is 1. The van der Waals surface area contributed by atoms with Crippen molar-refractivity contribution in [3.05, 3.63) is 11.7 Å². The lowest BCUT2D eigenvalue weighted by Gasteiger charge is -2.08. The Morgan fingerprint density at radius 1 is 1.64 bits per heavy atom. The van der Waals surface area contributed by atoms with Crippen molar-refractivity contribution in [3.63, 3.8) is 0 Å². The maximum Gasteiger partial charge on any atom is 0.246 e. The highest BCUT2D eigenvalue weighted by molar-refractivity contribution is 4.92. The van der Waals surface area contributed by atoms with Gasteiger partial charge in [0, 0.05) is 6.61 Å². The Morgan fingerprint density at radius 2 is 2.36 bits per heavy atom. The van der Waals surface area contributed by atoms with Gasteiger partial charge in [-0.15, -0.1) is 0 Å². The summed E-state index contributed by atoms with van der Waals surface area (Å²) in [5.41, 5.74) is 5.59. The first-order chi connectivity index (χ1) is 6.65. The number of nitrogens with two attached hydrogens (primary N) is 1. The lowest BCUT2D eigenvalue weighted by molar-refractivity contribution is 0.126. The van der Waals surface area contributed by atoms with Crippen LogP contribution in [0.15, 0.2) is 4.52 Å². The Morgan fingerprint density at radius 3 is 2.93 bits per heavy atom. The van der Waals surface area contributed by atoms with Crippen molar-refractivity contribution in [2.45, 2.75) is 32.6 Å². The molecule has 0 spiro atoms. The summed E-state index contributed by atoms with van der Waals surface area (Å²) in [6.07, 6.45) is -0.713. The molecule has 1 aromatic rings. The molecule has 0 saturated heterocycles. The van der Waals surface area contributed by atoms with Crippen molar-refractivity contribution >= 4 is 0 Å². The zero-order valence-corrected chi connectivity index (χ0v) is 8.30. The van der Waals surface area contributed by atoms with Crippen LogP contribution in [0.5, 0.6) is 0 Å². The molecule has 0 unspecified atom stereocenters. The lowest BCUT2D eigenvalue weighted by Crippen LogP contribution is -2.23. The van der Waals surface area contributed by atoms with Gasteiger partial charge in [0.15, 0.2) is 5.82 Å². The first-order valence-electron chi connectivity index (χ1n) is 4.49. The fourth-order valence-electron chi connectivity index (χ4n) is 0.861. The zero-order chi connectivity index (χ0) is 10.6. The maximum absolute atomic E-state index is 9.18. The maximum atomic E-state index is 9.18. The quantitative estimate of drug-likeness (QED) is 0.695. The van der Waals surface area contributed by atoms with Crippen LogP contribution in [0, 0.1) is 0 Å². The van der Waals surface area contributed by atoms with Crippen molar-refractivity contribution in [2.75, 3.05) is 6.61 Å². The second-order valence-electron chi connectivity index (χ2n) is 2.95. The summed E-state index contributed by atoms with van der Waals surface area (Å²) in [4.78, 5) is 3.98. The van der Waals surface area contributed by atoms with Crippen molar-refractivity contribution in [3.8, 4) is 0 Å². The highest BCUT2D eigenvalue weighted by Gasteiger charge is 2.19. The average molecular weight is 201 g/mol. The van der Waals surface area contributed by atoms with Gasteiger partial charge in [-0.05, 0) is 13.8 Å². The van der Waals surface area contributed by atoms with Crippen LogP contribution in [0.2, 0.25) is 0 Å². The number of aromatic nitrogens is 2. The Balaban J connectivity index is 2.58. The Hall–Kier alpha value is -0.980. The van der Waals surface area contributed by atoms with E-state index in [1.165, 1.54) is 0 Å². The molecule has 1 rings (SSSR count). The SMILES string of the molecule is CCOCc1noc([C@@H](N)[C@@H](C)O)n1. The lowest BCUT2D eigenvalue weighted by atomic mass is 10.2. The minimum absolute atomic E-state index is 0.231. The fraction of sp³-hybridized carbons (Fsp3) is 0.750.